The Morgan fingerprint density at radius 3 is 2.43 bits per heavy atom. The predicted molar refractivity (Wildman–Crippen MR) is 112 cm³/mol. The summed E-state index contributed by atoms with van der Waals surface area (Å²) in [6.45, 7) is 2.38. The normalized spacial score (nSPS) is 10.9. The maximum Gasteiger partial charge on any atom is 0.257 e. The largest absolute Gasteiger partial charge is 0.361 e. The molecule has 2 heterocycles. The Hall–Kier alpha value is -3.74. The van der Waals surface area contributed by atoms with Gasteiger partial charge in [-0.1, -0.05) is 40.6 Å². The topological polar surface area (TPSA) is 85.3 Å². The summed E-state index contributed by atoms with van der Waals surface area (Å²) < 4.78 is 10.6. The quantitative estimate of drug-likeness (QED) is 0.455. The van der Waals surface area contributed by atoms with Crippen molar-refractivity contribution in [2.75, 3.05) is 13.6 Å². The van der Waals surface area contributed by atoms with E-state index in [4.69, 9.17) is 9.05 Å². The van der Waals surface area contributed by atoms with Gasteiger partial charge in [0.15, 0.2) is 5.82 Å². The van der Waals surface area contributed by atoms with Crippen LogP contribution in [-0.4, -0.2) is 39.7 Å². The second kappa shape index (κ2) is 8.73. The monoisotopic (exact) mass is 402 g/mol. The Balaban J connectivity index is 1.30. The molecular formula is C23H22N4O3. The van der Waals surface area contributed by atoms with Crippen molar-refractivity contribution >= 4 is 5.91 Å². The fourth-order valence-electron chi connectivity index (χ4n) is 3.16. The van der Waals surface area contributed by atoms with Crippen LogP contribution in [0.25, 0.3) is 22.7 Å². The standard InChI is InChI=1S/C23H22N4O3/c1-16-24-22(30-25-16)18-10-12-19(13-11-18)23(28)27(2)14-6-9-20-15-21(26-29-20)17-7-4-3-5-8-17/h3-5,7-8,10-13,15H,6,9,14H2,1-2H3. The summed E-state index contributed by atoms with van der Waals surface area (Å²) in [5.74, 6) is 1.80. The van der Waals surface area contributed by atoms with Gasteiger partial charge in [-0.2, -0.15) is 4.98 Å². The summed E-state index contributed by atoms with van der Waals surface area (Å²) in [7, 11) is 1.80. The van der Waals surface area contributed by atoms with Crippen LogP contribution in [0.4, 0.5) is 0 Å². The molecule has 0 spiro atoms. The molecule has 4 rings (SSSR count). The fraction of sp³-hybridized carbons (Fsp3) is 0.217. The van der Waals surface area contributed by atoms with Gasteiger partial charge in [-0.3, -0.25) is 4.79 Å². The van der Waals surface area contributed by atoms with E-state index in [9.17, 15) is 4.79 Å². The van der Waals surface area contributed by atoms with Crippen molar-refractivity contribution in [3.8, 4) is 22.7 Å². The SMILES string of the molecule is Cc1noc(-c2ccc(C(=O)N(C)CCCc3cc(-c4ccccc4)no3)cc2)n1. The fourth-order valence-corrected chi connectivity index (χ4v) is 3.16. The van der Waals surface area contributed by atoms with Crippen LogP contribution in [0.5, 0.6) is 0 Å². The van der Waals surface area contributed by atoms with E-state index < -0.39 is 0 Å². The van der Waals surface area contributed by atoms with Gasteiger partial charge in [0.05, 0.1) is 0 Å². The third kappa shape index (κ3) is 4.46. The summed E-state index contributed by atoms with van der Waals surface area (Å²) in [5, 5.41) is 7.91. The molecule has 0 N–H and O–H groups in total. The molecule has 0 atom stereocenters. The molecule has 2 aromatic carbocycles. The molecule has 0 fully saturated rings. The molecule has 7 heteroatoms. The summed E-state index contributed by atoms with van der Waals surface area (Å²) in [6.07, 6.45) is 1.50. The average molecular weight is 402 g/mol. The minimum absolute atomic E-state index is 0.0363. The van der Waals surface area contributed by atoms with E-state index in [1.54, 1.807) is 31.0 Å². The summed E-state index contributed by atoms with van der Waals surface area (Å²) in [4.78, 5) is 18.6. The molecule has 0 aliphatic rings. The van der Waals surface area contributed by atoms with Gasteiger partial charge >= 0.3 is 0 Å². The van der Waals surface area contributed by atoms with Crippen molar-refractivity contribution in [3.05, 3.63) is 77.8 Å². The van der Waals surface area contributed by atoms with Crippen molar-refractivity contribution < 1.29 is 13.8 Å². The lowest BCUT2D eigenvalue weighted by atomic mass is 10.1. The number of aromatic nitrogens is 3. The highest BCUT2D eigenvalue weighted by molar-refractivity contribution is 5.94. The van der Waals surface area contributed by atoms with Gasteiger partial charge in [0, 0.05) is 42.8 Å². The third-order valence-electron chi connectivity index (χ3n) is 4.80. The van der Waals surface area contributed by atoms with Crippen LogP contribution in [0.2, 0.25) is 0 Å². The molecule has 7 nitrogen and oxygen atoms in total. The van der Waals surface area contributed by atoms with Crippen molar-refractivity contribution in [2.45, 2.75) is 19.8 Å². The van der Waals surface area contributed by atoms with Crippen LogP contribution in [-0.2, 0) is 6.42 Å². The van der Waals surface area contributed by atoms with Crippen molar-refractivity contribution in [1.82, 2.24) is 20.2 Å². The Kier molecular flexibility index (Phi) is 5.70. The minimum Gasteiger partial charge on any atom is -0.361 e. The smallest absolute Gasteiger partial charge is 0.257 e. The molecule has 0 aliphatic carbocycles. The second-order valence-corrected chi connectivity index (χ2v) is 7.10. The molecule has 0 saturated heterocycles. The molecule has 0 radical (unpaired) electrons. The number of hydrogen-bond acceptors (Lipinski definition) is 6. The maximum atomic E-state index is 12.7. The highest BCUT2D eigenvalue weighted by Crippen LogP contribution is 2.20. The Bertz CT molecular complexity index is 1120. The van der Waals surface area contributed by atoms with E-state index in [2.05, 4.69) is 15.3 Å². The highest BCUT2D eigenvalue weighted by Gasteiger charge is 2.14. The van der Waals surface area contributed by atoms with Crippen LogP contribution in [0.15, 0.2) is 69.7 Å². The third-order valence-corrected chi connectivity index (χ3v) is 4.80. The van der Waals surface area contributed by atoms with E-state index >= 15 is 0 Å². The van der Waals surface area contributed by atoms with E-state index in [1.807, 2.05) is 48.5 Å². The second-order valence-electron chi connectivity index (χ2n) is 7.10. The Labute approximate surface area is 174 Å². The maximum absolute atomic E-state index is 12.7. The predicted octanol–water partition coefficient (Wildman–Crippen LogP) is 4.40. The van der Waals surface area contributed by atoms with Gasteiger partial charge in [0.1, 0.15) is 11.5 Å². The van der Waals surface area contributed by atoms with Crippen LogP contribution < -0.4 is 0 Å². The lowest BCUT2D eigenvalue weighted by Crippen LogP contribution is -2.27. The van der Waals surface area contributed by atoms with Crippen LogP contribution in [0, 0.1) is 6.92 Å². The number of aryl methyl sites for hydroxylation is 2. The van der Waals surface area contributed by atoms with Crippen molar-refractivity contribution in [2.24, 2.45) is 0 Å². The van der Waals surface area contributed by atoms with E-state index in [0.29, 0.717) is 30.2 Å². The van der Waals surface area contributed by atoms with Gasteiger partial charge < -0.3 is 13.9 Å². The number of nitrogens with zero attached hydrogens (tertiary/aromatic N) is 4. The zero-order chi connectivity index (χ0) is 20.9. The van der Waals surface area contributed by atoms with Crippen molar-refractivity contribution in [3.63, 3.8) is 0 Å². The molecule has 152 valence electrons. The zero-order valence-corrected chi connectivity index (χ0v) is 16.9. The van der Waals surface area contributed by atoms with Gasteiger partial charge in [0.25, 0.3) is 11.8 Å². The first-order chi connectivity index (χ1) is 14.6. The van der Waals surface area contributed by atoms with Gasteiger partial charge in [0.2, 0.25) is 0 Å². The summed E-state index contributed by atoms with van der Waals surface area (Å²) >= 11 is 0. The molecule has 1 amide bonds. The number of rotatable bonds is 7. The number of amides is 1. The van der Waals surface area contributed by atoms with E-state index in [-0.39, 0.29) is 5.91 Å². The summed E-state index contributed by atoms with van der Waals surface area (Å²) in [5.41, 5.74) is 3.25. The molecule has 0 aliphatic heterocycles. The highest BCUT2D eigenvalue weighted by atomic mass is 16.5. The average Bonchev–Trinajstić information content (AvgIpc) is 3.43. The Morgan fingerprint density at radius 1 is 0.967 bits per heavy atom. The first-order valence-electron chi connectivity index (χ1n) is 9.77. The van der Waals surface area contributed by atoms with Crippen molar-refractivity contribution in [1.29, 1.82) is 0 Å². The number of carbonyl (C=O) groups is 1. The van der Waals surface area contributed by atoms with E-state index in [0.717, 1.165) is 29.0 Å². The minimum atomic E-state index is -0.0363. The first kappa shape index (κ1) is 19.6. The summed E-state index contributed by atoms with van der Waals surface area (Å²) in [6, 6.07) is 19.0. The molecule has 30 heavy (non-hydrogen) atoms. The molecule has 2 aromatic heterocycles. The van der Waals surface area contributed by atoms with E-state index in [1.165, 1.54) is 0 Å². The first-order valence-corrected chi connectivity index (χ1v) is 9.77. The molecule has 0 unspecified atom stereocenters. The number of carbonyl (C=O) groups excluding carboxylic acids is 1. The molecule has 0 bridgehead atoms. The van der Waals surface area contributed by atoms with Crippen LogP contribution >= 0.6 is 0 Å². The number of benzene rings is 2. The lowest BCUT2D eigenvalue weighted by molar-refractivity contribution is 0.0793. The zero-order valence-electron chi connectivity index (χ0n) is 16.9. The molecular weight excluding hydrogens is 380 g/mol. The molecule has 0 saturated carbocycles. The number of hydrogen-bond donors (Lipinski definition) is 0. The van der Waals surface area contributed by atoms with Gasteiger partial charge in [-0.25, -0.2) is 0 Å². The Morgan fingerprint density at radius 2 is 1.73 bits per heavy atom. The van der Waals surface area contributed by atoms with Gasteiger partial charge in [-0.15, -0.1) is 0 Å². The van der Waals surface area contributed by atoms with Crippen LogP contribution in [0.1, 0.15) is 28.4 Å². The molecule has 4 aromatic rings. The van der Waals surface area contributed by atoms with Gasteiger partial charge in [-0.05, 0) is 37.6 Å². The lowest BCUT2D eigenvalue weighted by Gasteiger charge is -2.16. The van der Waals surface area contributed by atoms with Crippen LogP contribution in [0.3, 0.4) is 0 Å².